The quantitative estimate of drug-likeness (QED) is 0.533. The van der Waals surface area contributed by atoms with Crippen molar-refractivity contribution >= 4 is 55.7 Å². The van der Waals surface area contributed by atoms with Gasteiger partial charge in [0.25, 0.3) is 17.4 Å². The summed E-state index contributed by atoms with van der Waals surface area (Å²) in [5.74, 6) is -1.09. The number of carbonyl (C=O) groups is 3. The van der Waals surface area contributed by atoms with Crippen LogP contribution in [-0.2, 0) is 35.3 Å². The van der Waals surface area contributed by atoms with Crippen molar-refractivity contribution in [3.05, 3.63) is 42.6 Å². The van der Waals surface area contributed by atoms with Gasteiger partial charge in [-0.2, -0.15) is 0 Å². The van der Waals surface area contributed by atoms with E-state index in [2.05, 4.69) is 10.3 Å². The minimum atomic E-state index is -1.11. The fourth-order valence-electron chi connectivity index (χ4n) is 4.50. The lowest BCUT2D eigenvalue weighted by molar-refractivity contribution is -0.123. The maximum atomic E-state index is 12.9. The van der Waals surface area contributed by atoms with E-state index in [-0.39, 0.29) is 10.4 Å². The molecule has 4 heterocycles. The number of nitrogens with two attached hydrogens (primary N) is 1. The molecule has 5 rings (SSSR count). The monoisotopic (exact) mass is 486 g/mol. The largest absolute Gasteiger partial charge is 0.448 e. The number of thiophene rings is 2. The summed E-state index contributed by atoms with van der Waals surface area (Å²) in [6.45, 7) is 3.78. The number of nitrogens with one attached hydrogen (secondary N) is 1. The number of ether oxygens (including phenoxy) is 1. The highest BCUT2D eigenvalue weighted by molar-refractivity contribution is 7.20. The van der Waals surface area contributed by atoms with Crippen LogP contribution < -0.4 is 16.6 Å². The molecule has 3 N–H and O–H groups in total. The van der Waals surface area contributed by atoms with Crippen molar-refractivity contribution < 1.29 is 19.1 Å². The van der Waals surface area contributed by atoms with Crippen molar-refractivity contribution in [2.75, 3.05) is 5.32 Å². The summed E-state index contributed by atoms with van der Waals surface area (Å²) < 4.78 is 7.07. The summed E-state index contributed by atoms with van der Waals surface area (Å²) in [4.78, 5) is 56.7. The topological polar surface area (TPSA) is 133 Å². The van der Waals surface area contributed by atoms with Gasteiger partial charge in [0.15, 0.2) is 6.10 Å². The molecule has 11 heteroatoms. The first-order valence-corrected chi connectivity index (χ1v) is 12.4. The molecule has 1 atom stereocenters. The number of anilines is 1. The van der Waals surface area contributed by atoms with Crippen molar-refractivity contribution in [3.8, 4) is 0 Å². The van der Waals surface area contributed by atoms with Crippen molar-refractivity contribution in [3.63, 3.8) is 0 Å². The number of nitrogens with zero attached hydrogens (tertiary/aromatic N) is 2. The number of hydrogen-bond donors (Lipinski definition) is 2. The molecule has 0 bridgehead atoms. The van der Waals surface area contributed by atoms with Crippen LogP contribution in [0.5, 0.6) is 0 Å². The Hall–Kier alpha value is -3.05. The van der Waals surface area contributed by atoms with Gasteiger partial charge in [-0.25, -0.2) is 9.78 Å². The smallest absolute Gasteiger partial charge is 0.349 e. The molecule has 2 amide bonds. The van der Waals surface area contributed by atoms with E-state index in [0.29, 0.717) is 32.9 Å². The highest BCUT2D eigenvalue weighted by Gasteiger charge is 2.29. The Bertz CT molecular complexity index is 1400. The zero-order valence-corrected chi connectivity index (χ0v) is 19.8. The number of esters is 1. The van der Waals surface area contributed by atoms with E-state index in [1.54, 1.807) is 11.5 Å². The van der Waals surface area contributed by atoms with E-state index >= 15 is 0 Å². The predicted molar refractivity (Wildman–Crippen MR) is 125 cm³/mol. The minimum Gasteiger partial charge on any atom is -0.448 e. The molecule has 9 nitrogen and oxygen atoms in total. The molecule has 3 aromatic rings. The Morgan fingerprint density at radius 1 is 1.18 bits per heavy atom. The van der Waals surface area contributed by atoms with E-state index in [9.17, 15) is 19.2 Å². The van der Waals surface area contributed by atoms with Gasteiger partial charge in [-0.1, -0.05) is 0 Å². The van der Waals surface area contributed by atoms with Gasteiger partial charge < -0.3 is 15.8 Å². The van der Waals surface area contributed by atoms with Crippen LogP contribution in [0.15, 0.2) is 4.79 Å². The molecule has 0 saturated heterocycles. The van der Waals surface area contributed by atoms with Gasteiger partial charge in [0.1, 0.15) is 20.5 Å². The van der Waals surface area contributed by atoms with Gasteiger partial charge >= 0.3 is 5.97 Å². The number of hydrogen-bond acceptors (Lipinski definition) is 8. The van der Waals surface area contributed by atoms with Crippen LogP contribution in [-0.4, -0.2) is 33.4 Å². The fourth-order valence-corrected chi connectivity index (χ4v) is 6.88. The van der Waals surface area contributed by atoms with Gasteiger partial charge in [0.2, 0.25) is 0 Å². The van der Waals surface area contributed by atoms with Crippen LogP contribution in [0.1, 0.15) is 61.6 Å². The van der Waals surface area contributed by atoms with Gasteiger partial charge in [-0.15, -0.1) is 22.7 Å². The second-order valence-corrected chi connectivity index (χ2v) is 10.4. The van der Waals surface area contributed by atoms with Crippen molar-refractivity contribution in [1.82, 2.24) is 9.55 Å². The molecule has 0 fully saturated rings. The number of rotatable bonds is 5. The van der Waals surface area contributed by atoms with Crippen LogP contribution in [0.2, 0.25) is 0 Å². The summed E-state index contributed by atoms with van der Waals surface area (Å²) in [5.41, 5.74) is 7.16. The van der Waals surface area contributed by atoms with Crippen LogP contribution in [0.4, 0.5) is 5.00 Å². The normalized spacial score (nSPS) is 15.3. The third-order valence-corrected chi connectivity index (χ3v) is 8.53. The molecular formula is C22H22N4O5S2. The number of amides is 2. The number of aromatic nitrogens is 2. The Morgan fingerprint density at radius 2 is 1.97 bits per heavy atom. The maximum absolute atomic E-state index is 12.9. The van der Waals surface area contributed by atoms with Gasteiger partial charge in [0, 0.05) is 17.8 Å². The Balaban J connectivity index is 1.35. The molecule has 0 radical (unpaired) electrons. The summed E-state index contributed by atoms with van der Waals surface area (Å²) in [6, 6.07) is 0. The van der Waals surface area contributed by atoms with Gasteiger partial charge in [0.05, 0.1) is 10.9 Å². The van der Waals surface area contributed by atoms with Gasteiger partial charge in [-0.05, 0) is 50.7 Å². The van der Waals surface area contributed by atoms with E-state index in [1.165, 1.54) is 18.3 Å². The average molecular weight is 487 g/mol. The fraction of sp³-hybridized carbons (Fsp3) is 0.409. The van der Waals surface area contributed by atoms with Crippen molar-refractivity contribution in [1.29, 1.82) is 0 Å². The second-order valence-electron chi connectivity index (χ2n) is 8.29. The summed E-state index contributed by atoms with van der Waals surface area (Å²) >= 11 is 2.44. The second kappa shape index (κ2) is 8.07. The minimum absolute atomic E-state index is 0.143. The molecule has 0 saturated carbocycles. The van der Waals surface area contributed by atoms with E-state index in [4.69, 9.17) is 10.5 Å². The SMILES string of the molecule is Cc1c(C(=O)OC(C)C(=O)Nc2sc3c(c2C(N)=O)CCC3)sc2nc3n(c(=O)c12)CCC3. The van der Waals surface area contributed by atoms with Crippen LogP contribution in [0.25, 0.3) is 10.2 Å². The van der Waals surface area contributed by atoms with Crippen LogP contribution >= 0.6 is 22.7 Å². The Morgan fingerprint density at radius 3 is 2.73 bits per heavy atom. The number of aryl methyl sites for hydroxylation is 3. The summed E-state index contributed by atoms with van der Waals surface area (Å²) in [7, 11) is 0. The first-order valence-electron chi connectivity index (χ1n) is 10.7. The van der Waals surface area contributed by atoms with E-state index < -0.39 is 23.9 Å². The maximum Gasteiger partial charge on any atom is 0.349 e. The lowest BCUT2D eigenvalue weighted by Crippen LogP contribution is -2.30. The molecule has 1 aliphatic heterocycles. The third kappa shape index (κ3) is 3.55. The zero-order valence-electron chi connectivity index (χ0n) is 18.1. The molecule has 172 valence electrons. The van der Waals surface area contributed by atoms with E-state index in [0.717, 1.165) is 59.7 Å². The molecule has 1 unspecified atom stereocenters. The molecule has 1 aliphatic carbocycles. The van der Waals surface area contributed by atoms with E-state index in [1.807, 2.05) is 0 Å². The third-order valence-electron chi connectivity index (χ3n) is 6.15. The first kappa shape index (κ1) is 21.8. The van der Waals surface area contributed by atoms with Crippen molar-refractivity contribution in [2.45, 2.75) is 58.6 Å². The molecule has 33 heavy (non-hydrogen) atoms. The van der Waals surface area contributed by atoms with Crippen molar-refractivity contribution in [2.24, 2.45) is 5.73 Å². The van der Waals surface area contributed by atoms with Crippen LogP contribution in [0.3, 0.4) is 0 Å². The number of fused-ring (bicyclic) bond motifs is 3. The number of carbonyl (C=O) groups excluding carboxylic acids is 3. The highest BCUT2D eigenvalue weighted by Crippen LogP contribution is 2.39. The summed E-state index contributed by atoms with van der Waals surface area (Å²) in [5, 5.41) is 3.52. The molecule has 2 aliphatic rings. The Kier molecular flexibility index (Phi) is 5.32. The lowest BCUT2D eigenvalue weighted by Gasteiger charge is -2.13. The number of primary amides is 1. The first-order chi connectivity index (χ1) is 15.8. The standard InChI is InChI=1S/C22H22N4O5S2/c1-9-14-19(24-13-7-4-8-26(13)21(14)29)33-16(9)22(30)31-10(2)18(28)25-20-15(17(23)27)11-5-3-6-12(11)32-20/h10H,3-8H2,1-2H3,(H2,23,27)(H,25,28). The molecular weight excluding hydrogens is 464 g/mol. The molecule has 0 aromatic carbocycles. The lowest BCUT2D eigenvalue weighted by atomic mass is 10.1. The predicted octanol–water partition coefficient (Wildman–Crippen LogP) is 2.55. The van der Waals surface area contributed by atoms with Crippen LogP contribution in [0, 0.1) is 6.92 Å². The summed E-state index contributed by atoms with van der Waals surface area (Å²) in [6.07, 6.45) is 3.07. The zero-order chi connectivity index (χ0) is 23.4. The molecule has 0 spiro atoms. The molecule has 3 aromatic heterocycles. The average Bonchev–Trinajstić information content (AvgIpc) is 3.51. The Labute approximate surface area is 196 Å². The van der Waals surface area contributed by atoms with Gasteiger partial charge in [-0.3, -0.25) is 19.0 Å². The highest BCUT2D eigenvalue weighted by atomic mass is 32.1.